The van der Waals surface area contributed by atoms with Gasteiger partial charge < -0.3 is 14.8 Å². The maximum Gasteiger partial charge on any atom is 0.269 e. The lowest BCUT2D eigenvalue weighted by atomic mass is 10.2. The first kappa shape index (κ1) is 15.6. The van der Waals surface area contributed by atoms with Gasteiger partial charge in [-0.15, -0.1) is 0 Å². The zero-order chi connectivity index (χ0) is 17.4. The number of likely N-dealkylation sites (N-methyl/N-ethyl adjacent to an activating group) is 1. The van der Waals surface area contributed by atoms with Gasteiger partial charge in [-0.25, -0.2) is 9.97 Å². The normalized spacial score (nSPS) is 13.3. The molecule has 1 aliphatic rings. The smallest absolute Gasteiger partial charge is 0.269 e. The molecule has 128 valence electrons. The van der Waals surface area contributed by atoms with E-state index < -0.39 is 0 Å². The van der Waals surface area contributed by atoms with Crippen LogP contribution in [-0.4, -0.2) is 40.6 Å². The topological polar surface area (TPSA) is 63.1 Å². The first-order chi connectivity index (χ1) is 12.1. The second-order valence-corrected chi connectivity index (χ2v) is 6.43. The Hall–Kier alpha value is -2.89. The number of pyridine rings is 1. The number of anilines is 1. The van der Waals surface area contributed by atoms with Crippen LogP contribution in [0, 0.1) is 0 Å². The van der Waals surface area contributed by atoms with Crippen LogP contribution in [0.1, 0.15) is 21.9 Å². The molecule has 1 amide bonds. The first-order valence-corrected chi connectivity index (χ1v) is 8.53. The number of hydrogen-bond donors (Lipinski definition) is 1. The number of carbonyl (C=O) groups is 1. The Balaban J connectivity index is 1.42. The van der Waals surface area contributed by atoms with Gasteiger partial charge in [-0.2, -0.15) is 0 Å². The lowest BCUT2D eigenvalue weighted by Crippen LogP contribution is -2.27. The molecule has 3 aromatic rings. The van der Waals surface area contributed by atoms with Crippen molar-refractivity contribution in [1.82, 2.24) is 19.9 Å². The lowest BCUT2D eigenvalue weighted by Gasteiger charge is -2.11. The number of aryl methyl sites for hydroxylation is 1. The fourth-order valence-electron chi connectivity index (χ4n) is 3.32. The molecular formula is C19H21N5O. The maximum absolute atomic E-state index is 12.4. The van der Waals surface area contributed by atoms with E-state index in [9.17, 15) is 4.79 Å². The van der Waals surface area contributed by atoms with Crippen LogP contribution in [0.2, 0.25) is 0 Å². The summed E-state index contributed by atoms with van der Waals surface area (Å²) in [5, 5.41) is 2.95. The zero-order valence-corrected chi connectivity index (χ0v) is 14.5. The van der Waals surface area contributed by atoms with Crippen molar-refractivity contribution in [2.75, 3.05) is 25.0 Å². The molecular weight excluding hydrogens is 314 g/mol. The Morgan fingerprint density at radius 3 is 2.84 bits per heavy atom. The number of benzene rings is 1. The van der Waals surface area contributed by atoms with E-state index in [0.717, 1.165) is 35.6 Å². The lowest BCUT2D eigenvalue weighted by molar-refractivity contribution is 0.0949. The summed E-state index contributed by atoms with van der Waals surface area (Å²) in [6.07, 6.45) is 1.68. The summed E-state index contributed by atoms with van der Waals surface area (Å²) in [6, 6.07) is 11.9. The molecule has 0 unspecified atom stereocenters. The largest absolute Gasteiger partial charge is 0.359 e. The monoisotopic (exact) mass is 335 g/mol. The van der Waals surface area contributed by atoms with Crippen molar-refractivity contribution >= 4 is 22.8 Å². The molecule has 0 spiro atoms. The minimum Gasteiger partial charge on any atom is -0.359 e. The molecule has 25 heavy (non-hydrogen) atoms. The van der Waals surface area contributed by atoms with Gasteiger partial charge in [0.05, 0.1) is 11.0 Å². The van der Waals surface area contributed by atoms with Crippen LogP contribution >= 0.6 is 0 Å². The number of rotatable bonds is 4. The van der Waals surface area contributed by atoms with Gasteiger partial charge in [0.1, 0.15) is 17.3 Å². The maximum atomic E-state index is 12.4. The number of imidazole rings is 1. The van der Waals surface area contributed by atoms with Crippen molar-refractivity contribution in [2.24, 2.45) is 7.05 Å². The van der Waals surface area contributed by atoms with Gasteiger partial charge in [-0.1, -0.05) is 18.2 Å². The summed E-state index contributed by atoms with van der Waals surface area (Å²) in [5.74, 6) is 1.74. The first-order valence-electron chi connectivity index (χ1n) is 8.53. The minimum absolute atomic E-state index is 0.137. The van der Waals surface area contributed by atoms with E-state index >= 15 is 0 Å². The van der Waals surface area contributed by atoms with Crippen LogP contribution in [0.4, 0.5) is 5.82 Å². The molecule has 1 N–H and O–H groups in total. The van der Waals surface area contributed by atoms with E-state index in [1.165, 1.54) is 5.56 Å². The number of para-hydroxylation sites is 2. The summed E-state index contributed by atoms with van der Waals surface area (Å²) in [5.41, 5.74) is 3.76. The summed E-state index contributed by atoms with van der Waals surface area (Å²) in [4.78, 5) is 23.6. The molecule has 0 aliphatic carbocycles. The van der Waals surface area contributed by atoms with E-state index in [2.05, 4.69) is 30.8 Å². The summed E-state index contributed by atoms with van der Waals surface area (Å²) < 4.78 is 2.07. The Morgan fingerprint density at radius 1 is 1.16 bits per heavy atom. The molecule has 6 nitrogen and oxygen atoms in total. The van der Waals surface area contributed by atoms with Crippen molar-refractivity contribution in [1.29, 1.82) is 0 Å². The second kappa shape index (κ2) is 6.20. The van der Waals surface area contributed by atoms with Crippen molar-refractivity contribution < 1.29 is 4.79 Å². The highest BCUT2D eigenvalue weighted by Crippen LogP contribution is 2.24. The molecule has 1 aliphatic heterocycles. The van der Waals surface area contributed by atoms with Crippen molar-refractivity contribution in [3.05, 3.63) is 53.5 Å². The number of nitrogens with zero attached hydrogens (tertiary/aromatic N) is 4. The fourth-order valence-corrected chi connectivity index (χ4v) is 3.32. The number of aromatic nitrogens is 3. The SMILES string of the molecule is CN1CCc2ccc(C(=O)NCCc3nc4ccccc4n3C)nc21. The molecule has 1 aromatic carbocycles. The predicted molar refractivity (Wildman–Crippen MR) is 98.0 cm³/mol. The number of fused-ring (bicyclic) bond motifs is 2. The highest BCUT2D eigenvalue weighted by atomic mass is 16.1. The average Bonchev–Trinajstić information content (AvgIpc) is 3.16. The zero-order valence-electron chi connectivity index (χ0n) is 14.5. The van der Waals surface area contributed by atoms with Crippen molar-refractivity contribution in [3.8, 4) is 0 Å². The van der Waals surface area contributed by atoms with Crippen molar-refractivity contribution in [2.45, 2.75) is 12.8 Å². The molecule has 0 fully saturated rings. The summed E-state index contributed by atoms with van der Waals surface area (Å²) in [6.45, 7) is 1.49. The Morgan fingerprint density at radius 2 is 2.00 bits per heavy atom. The van der Waals surface area contributed by atoms with Gasteiger partial charge in [-0.3, -0.25) is 4.79 Å². The van der Waals surface area contributed by atoms with E-state index in [1.54, 1.807) is 0 Å². The van der Waals surface area contributed by atoms with Crippen LogP contribution in [0.3, 0.4) is 0 Å². The predicted octanol–water partition coefficient (Wildman–Crippen LogP) is 1.93. The molecule has 4 rings (SSSR count). The molecule has 0 saturated carbocycles. The number of amides is 1. The highest BCUT2D eigenvalue weighted by molar-refractivity contribution is 5.92. The third-order valence-electron chi connectivity index (χ3n) is 4.78. The quantitative estimate of drug-likeness (QED) is 0.791. The van der Waals surface area contributed by atoms with Crippen LogP contribution in [0.15, 0.2) is 36.4 Å². The number of carbonyl (C=O) groups excluding carboxylic acids is 1. The van der Waals surface area contributed by atoms with Gasteiger partial charge >= 0.3 is 0 Å². The minimum atomic E-state index is -0.137. The van der Waals surface area contributed by atoms with E-state index in [-0.39, 0.29) is 5.91 Å². The third kappa shape index (κ3) is 2.84. The molecule has 0 bridgehead atoms. The Kier molecular flexibility index (Phi) is 3.87. The Labute approximate surface area is 146 Å². The van der Waals surface area contributed by atoms with Gasteiger partial charge in [0.2, 0.25) is 0 Å². The fraction of sp³-hybridized carbons (Fsp3) is 0.316. The van der Waals surface area contributed by atoms with Gasteiger partial charge in [-0.05, 0) is 30.2 Å². The average molecular weight is 335 g/mol. The van der Waals surface area contributed by atoms with Gasteiger partial charge in [0.15, 0.2) is 0 Å². The van der Waals surface area contributed by atoms with E-state index in [4.69, 9.17) is 0 Å². The molecule has 0 radical (unpaired) electrons. The van der Waals surface area contributed by atoms with E-state index in [0.29, 0.717) is 18.7 Å². The number of nitrogens with one attached hydrogen (secondary N) is 1. The number of hydrogen-bond acceptors (Lipinski definition) is 4. The third-order valence-corrected chi connectivity index (χ3v) is 4.78. The molecule has 6 heteroatoms. The second-order valence-electron chi connectivity index (χ2n) is 6.43. The Bertz CT molecular complexity index is 946. The van der Waals surface area contributed by atoms with Crippen LogP contribution in [0.25, 0.3) is 11.0 Å². The van der Waals surface area contributed by atoms with Crippen molar-refractivity contribution in [3.63, 3.8) is 0 Å². The highest BCUT2D eigenvalue weighted by Gasteiger charge is 2.19. The van der Waals surface area contributed by atoms with Crippen LogP contribution < -0.4 is 10.2 Å². The molecule has 2 aromatic heterocycles. The van der Waals surface area contributed by atoms with E-state index in [1.807, 2.05) is 44.4 Å². The molecule has 0 saturated heterocycles. The summed E-state index contributed by atoms with van der Waals surface area (Å²) in [7, 11) is 4.01. The molecule has 3 heterocycles. The summed E-state index contributed by atoms with van der Waals surface area (Å²) >= 11 is 0. The standard InChI is InChI=1S/C19H21N5O/c1-23-12-10-13-7-8-15(22-18(13)23)19(25)20-11-9-17-21-14-5-3-4-6-16(14)24(17)2/h3-8H,9-12H2,1-2H3,(H,20,25). The van der Waals surface area contributed by atoms with Crippen LogP contribution in [0.5, 0.6) is 0 Å². The molecule has 0 atom stereocenters. The van der Waals surface area contributed by atoms with Crippen LogP contribution in [-0.2, 0) is 19.9 Å². The van der Waals surface area contributed by atoms with Gasteiger partial charge in [0.25, 0.3) is 5.91 Å². The van der Waals surface area contributed by atoms with Gasteiger partial charge in [0, 0.05) is 33.6 Å².